The van der Waals surface area contributed by atoms with E-state index >= 15 is 0 Å². The number of aryl methyl sites for hydroxylation is 1. The molecule has 0 aromatic heterocycles. The number of nitrogens with one attached hydrogen (secondary N) is 1. The summed E-state index contributed by atoms with van der Waals surface area (Å²) in [5.74, 6) is 0.00888. The first kappa shape index (κ1) is 20.3. The number of amides is 1. The lowest BCUT2D eigenvalue weighted by atomic mass is 10.2. The molecule has 0 atom stereocenters. The highest BCUT2D eigenvalue weighted by atomic mass is 35.5. The third kappa shape index (κ3) is 6.04. The van der Waals surface area contributed by atoms with Gasteiger partial charge < -0.3 is 19.5 Å². The second-order valence-electron chi connectivity index (χ2n) is 5.59. The molecule has 7 heteroatoms. The number of halogens is 1. The molecule has 2 aromatic rings. The van der Waals surface area contributed by atoms with Crippen LogP contribution in [0.2, 0.25) is 5.02 Å². The fraction of sp³-hybridized carbons (Fsp3) is 0.200. The van der Waals surface area contributed by atoms with Gasteiger partial charge in [0.15, 0.2) is 18.1 Å². The van der Waals surface area contributed by atoms with E-state index in [1.54, 1.807) is 43.5 Å². The number of rotatable bonds is 7. The number of hydrogen-bond donors (Lipinski definition) is 1. The Labute approximate surface area is 162 Å². The fourth-order valence-electron chi connectivity index (χ4n) is 2.21. The molecule has 0 radical (unpaired) electrons. The van der Waals surface area contributed by atoms with Crippen molar-refractivity contribution in [2.45, 2.75) is 6.92 Å². The molecule has 2 aromatic carbocycles. The zero-order valence-electron chi connectivity index (χ0n) is 15.2. The van der Waals surface area contributed by atoms with Gasteiger partial charge in [-0.05, 0) is 48.4 Å². The maximum atomic E-state index is 11.9. The molecule has 0 aliphatic rings. The minimum absolute atomic E-state index is 0.417. The molecular weight excluding hydrogens is 370 g/mol. The van der Waals surface area contributed by atoms with Crippen molar-refractivity contribution < 1.29 is 23.8 Å². The normalized spacial score (nSPS) is 10.5. The van der Waals surface area contributed by atoms with Gasteiger partial charge in [-0.25, -0.2) is 4.79 Å². The van der Waals surface area contributed by atoms with Crippen molar-refractivity contribution in [2.24, 2.45) is 0 Å². The standard InChI is InChI=1S/C20H20ClNO5/c1-13-4-7-16(15(21)10-13)22-19(23)12-27-20(24)9-6-14-5-8-17(25-2)18(11-14)26-3/h4-11H,12H2,1-3H3,(H,22,23). The van der Waals surface area contributed by atoms with Crippen LogP contribution in [0.25, 0.3) is 6.08 Å². The first-order chi connectivity index (χ1) is 12.9. The Morgan fingerprint density at radius 3 is 2.48 bits per heavy atom. The topological polar surface area (TPSA) is 73.9 Å². The van der Waals surface area contributed by atoms with Gasteiger partial charge in [0, 0.05) is 6.08 Å². The number of ether oxygens (including phenoxy) is 3. The summed E-state index contributed by atoms with van der Waals surface area (Å²) in [6, 6.07) is 10.4. The van der Waals surface area contributed by atoms with Gasteiger partial charge in [0.05, 0.1) is 24.9 Å². The average Bonchev–Trinajstić information content (AvgIpc) is 2.66. The van der Waals surface area contributed by atoms with E-state index in [9.17, 15) is 9.59 Å². The SMILES string of the molecule is COc1ccc(C=CC(=O)OCC(=O)Nc2ccc(C)cc2Cl)cc1OC. The molecule has 6 nitrogen and oxygen atoms in total. The summed E-state index contributed by atoms with van der Waals surface area (Å²) in [4.78, 5) is 23.7. The van der Waals surface area contributed by atoms with Crippen molar-refractivity contribution in [1.82, 2.24) is 0 Å². The first-order valence-electron chi connectivity index (χ1n) is 8.06. The molecular formula is C20H20ClNO5. The lowest BCUT2D eigenvalue weighted by Crippen LogP contribution is -2.20. The summed E-state index contributed by atoms with van der Waals surface area (Å²) in [6.45, 7) is 1.48. The van der Waals surface area contributed by atoms with Crippen LogP contribution in [0.5, 0.6) is 11.5 Å². The van der Waals surface area contributed by atoms with Crippen LogP contribution in [-0.4, -0.2) is 32.7 Å². The Kier molecular flexibility index (Phi) is 7.25. The van der Waals surface area contributed by atoms with Gasteiger partial charge in [0.2, 0.25) is 0 Å². The lowest BCUT2D eigenvalue weighted by Gasteiger charge is -2.08. The van der Waals surface area contributed by atoms with Crippen molar-refractivity contribution in [2.75, 3.05) is 26.1 Å². The van der Waals surface area contributed by atoms with Gasteiger partial charge in [-0.3, -0.25) is 4.79 Å². The van der Waals surface area contributed by atoms with Crippen LogP contribution in [-0.2, 0) is 14.3 Å². The van der Waals surface area contributed by atoms with Gasteiger partial charge in [-0.2, -0.15) is 0 Å². The van der Waals surface area contributed by atoms with Crippen LogP contribution in [0.1, 0.15) is 11.1 Å². The van der Waals surface area contributed by atoms with E-state index in [0.717, 1.165) is 11.1 Å². The molecule has 0 saturated carbocycles. The van der Waals surface area contributed by atoms with E-state index in [1.165, 1.54) is 13.2 Å². The zero-order chi connectivity index (χ0) is 19.8. The van der Waals surface area contributed by atoms with Crippen LogP contribution in [0, 0.1) is 6.92 Å². The minimum atomic E-state index is -0.644. The third-order valence-corrected chi connectivity index (χ3v) is 3.88. The smallest absolute Gasteiger partial charge is 0.331 e. The van der Waals surface area contributed by atoms with Gasteiger partial charge in [-0.1, -0.05) is 23.7 Å². The van der Waals surface area contributed by atoms with Gasteiger partial charge in [0.25, 0.3) is 5.91 Å². The average molecular weight is 390 g/mol. The minimum Gasteiger partial charge on any atom is -0.493 e. The number of anilines is 1. The Hall–Kier alpha value is -2.99. The zero-order valence-corrected chi connectivity index (χ0v) is 16.0. The monoisotopic (exact) mass is 389 g/mol. The number of carbonyl (C=O) groups excluding carboxylic acids is 2. The molecule has 0 aliphatic heterocycles. The quantitative estimate of drug-likeness (QED) is 0.575. The van der Waals surface area contributed by atoms with Crippen LogP contribution in [0.3, 0.4) is 0 Å². The number of carbonyl (C=O) groups is 2. The van der Waals surface area contributed by atoms with Crippen molar-refractivity contribution in [3.63, 3.8) is 0 Å². The third-order valence-electron chi connectivity index (χ3n) is 3.56. The molecule has 1 amide bonds. The highest BCUT2D eigenvalue weighted by molar-refractivity contribution is 6.33. The second-order valence-corrected chi connectivity index (χ2v) is 5.99. The molecule has 1 N–H and O–H groups in total. The number of benzene rings is 2. The predicted octanol–water partition coefficient (Wildman–Crippen LogP) is 3.86. The van der Waals surface area contributed by atoms with E-state index < -0.39 is 18.5 Å². The highest BCUT2D eigenvalue weighted by Gasteiger charge is 2.09. The fourth-order valence-corrected chi connectivity index (χ4v) is 2.50. The molecule has 0 spiro atoms. The van der Waals surface area contributed by atoms with E-state index in [1.807, 2.05) is 13.0 Å². The Morgan fingerprint density at radius 2 is 1.81 bits per heavy atom. The summed E-state index contributed by atoms with van der Waals surface area (Å²) < 4.78 is 15.3. The number of methoxy groups -OCH3 is 2. The maximum absolute atomic E-state index is 11.9. The molecule has 0 unspecified atom stereocenters. The summed E-state index contributed by atoms with van der Waals surface area (Å²) in [7, 11) is 3.07. The summed E-state index contributed by atoms with van der Waals surface area (Å²) >= 11 is 6.05. The van der Waals surface area contributed by atoms with Gasteiger partial charge in [-0.15, -0.1) is 0 Å². The number of hydrogen-bond acceptors (Lipinski definition) is 5. The molecule has 0 aliphatic carbocycles. The van der Waals surface area contributed by atoms with E-state index in [-0.39, 0.29) is 0 Å². The summed E-state index contributed by atoms with van der Waals surface area (Å²) in [5.41, 5.74) is 2.16. The van der Waals surface area contributed by atoms with E-state index in [0.29, 0.717) is 22.2 Å². The molecule has 0 saturated heterocycles. The summed E-state index contributed by atoms with van der Waals surface area (Å²) in [5, 5.41) is 3.01. The molecule has 142 valence electrons. The van der Waals surface area contributed by atoms with Crippen molar-refractivity contribution in [3.05, 3.63) is 58.6 Å². The van der Waals surface area contributed by atoms with Crippen molar-refractivity contribution in [3.8, 4) is 11.5 Å². The van der Waals surface area contributed by atoms with Crippen LogP contribution < -0.4 is 14.8 Å². The summed E-state index contributed by atoms with van der Waals surface area (Å²) in [6.07, 6.45) is 2.78. The molecule has 2 rings (SSSR count). The maximum Gasteiger partial charge on any atom is 0.331 e. The Balaban J connectivity index is 1.88. The van der Waals surface area contributed by atoms with Crippen LogP contribution in [0.4, 0.5) is 5.69 Å². The molecule has 27 heavy (non-hydrogen) atoms. The van der Waals surface area contributed by atoms with E-state index in [4.69, 9.17) is 25.8 Å². The van der Waals surface area contributed by atoms with Crippen molar-refractivity contribution in [1.29, 1.82) is 0 Å². The molecule has 0 fully saturated rings. The Morgan fingerprint density at radius 1 is 1.07 bits per heavy atom. The first-order valence-corrected chi connectivity index (χ1v) is 8.43. The predicted molar refractivity (Wildman–Crippen MR) is 104 cm³/mol. The highest BCUT2D eigenvalue weighted by Crippen LogP contribution is 2.28. The largest absolute Gasteiger partial charge is 0.493 e. The van der Waals surface area contributed by atoms with Gasteiger partial charge >= 0.3 is 5.97 Å². The lowest BCUT2D eigenvalue weighted by molar-refractivity contribution is -0.142. The van der Waals surface area contributed by atoms with Crippen LogP contribution >= 0.6 is 11.6 Å². The van der Waals surface area contributed by atoms with E-state index in [2.05, 4.69) is 5.32 Å². The molecule has 0 heterocycles. The number of esters is 1. The molecule has 0 bridgehead atoms. The van der Waals surface area contributed by atoms with Crippen molar-refractivity contribution >= 4 is 35.2 Å². The second kappa shape index (κ2) is 9.64. The van der Waals surface area contributed by atoms with Gasteiger partial charge in [0.1, 0.15) is 0 Å². The van der Waals surface area contributed by atoms with Crippen LogP contribution in [0.15, 0.2) is 42.5 Å². The Bertz CT molecular complexity index is 863.